The van der Waals surface area contributed by atoms with Crippen LogP contribution in [0.15, 0.2) is 41.8 Å². The molecule has 0 bridgehead atoms. The van der Waals surface area contributed by atoms with Gasteiger partial charge in [-0.3, -0.25) is 9.59 Å². The number of nitrogens with one attached hydrogen (secondary N) is 3. The van der Waals surface area contributed by atoms with Gasteiger partial charge in [0.1, 0.15) is 0 Å². The molecule has 2 amide bonds. The fourth-order valence-corrected chi connectivity index (χ4v) is 2.81. The van der Waals surface area contributed by atoms with Crippen molar-refractivity contribution in [3.05, 3.63) is 52.2 Å². The Morgan fingerprint density at radius 3 is 2.46 bits per heavy atom. The molecular weight excluding hydrogens is 322 g/mol. The van der Waals surface area contributed by atoms with Crippen LogP contribution >= 0.6 is 11.3 Å². The van der Waals surface area contributed by atoms with Crippen LogP contribution in [-0.4, -0.2) is 30.9 Å². The number of anilines is 1. The molecule has 6 heteroatoms. The standard InChI is InChI=1S/C18H23N3O2S/c1-13(2)21-15-7-3-6-14(12-15)17(22)19-9-5-10-20-18(23)16-8-4-11-24-16/h3-4,6-8,11-13,21H,5,9-10H2,1-2H3,(H,19,22)(H,20,23). The average Bonchev–Trinajstić information content (AvgIpc) is 3.08. The molecule has 0 atom stereocenters. The van der Waals surface area contributed by atoms with Gasteiger partial charge in [0.25, 0.3) is 11.8 Å². The number of benzene rings is 1. The quantitative estimate of drug-likeness (QED) is 0.644. The summed E-state index contributed by atoms with van der Waals surface area (Å²) in [5.74, 6) is -0.171. The monoisotopic (exact) mass is 345 g/mol. The molecule has 0 fully saturated rings. The van der Waals surface area contributed by atoms with Crippen LogP contribution < -0.4 is 16.0 Å². The minimum atomic E-state index is -0.105. The van der Waals surface area contributed by atoms with E-state index in [1.807, 2.05) is 29.6 Å². The molecule has 1 heterocycles. The van der Waals surface area contributed by atoms with Crippen molar-refractivity contribution in [2.75, 3.05) is 18.4 Å². The molecule has 1 aromatic carbocycles. The number of amides is 2. The zero-order chi connectivity index (χ0) is 17.4. The second-order valence-electron chi connectivity index (χ2n) is 5.72. The molecule has 2 aromatic rings. The lowest BCUT2D eigenvalue weighted by molar-refractivity contribution is 0.0953. The summed E-state index contributed by atoms with van der Waals surface area (Å²) in [7, 11) is 0. The molecule has 0 spiro atoms. The number of hydrogen-bond donors (Lipinski definition) is 3. The van der Waals surface area contributed by atoms with Gasteiger partial charge >= 0.3 is 0 Å². The van der Waals surface area contributed by atoms with Crippen LogP contribution in [0.5, 0.6) is 0 Å². The number of rotatable bonds is 8. The Hall–Kier alpha value is -2.34. The van der Waals surface area contributed by atoms with Crippen molar-refractivity contribution < 1.29 is 9.59 Å². The number of hydrogen-bond acceptors (Lipinski definition) is 4. The molecule has 0 aliphatic carbocycles. The zero-order valence-electron chi connectivity index (χ0n) is 14.0. The van der Waals surface area contributed by atoms with E-state index in [4.69, 9.17) is 0 Å². The van der Waals surface area contributed by atoms with E-state index in [0.717, 1.165) is 5.69 Å². The highest BCUT2D eigenvalue weighted by Crippen LogP contribution is 2.11. The molecular formula is C18H23N3O2S. The van der Waals surface area contributed by atoms with Crippen molar-refractivity contribution in [2.24, 2.45) is 0 Å². The predicted octanol–water partition coefficient (Wildman–Crippen LogP) is 3.12. The second-order valence-corrected chi connectivity index (χ2v) is 6.67. The third-order valence-corrected chi connectivity index (χ3v) is 4.12. The molecule has 0 radical (unpaired) electrons. The summed E-state index contributed by atoms with van der Waals surface area (Å²) in [6.07, 6.45) is 0.687. The van der Waals surface area contributed by atoms with Crippen LogP contribution in [0, 0.1) is 0 Å². The van der Waals surface area contributed by atoms with E-state index in [9.17, 15) is 9.59 Å². The summed E-state index contributed by atoms with van der Waals surface area (Å²) in [6, 6.07) is 11.4. The molecule has 0 saturated carbocycles. The Labute approximate surface area is 146 Å². The van der Waals surface area contributed by atoms with Crippen LogP contribution in [-0.2, 0) is 0 Å². The summed E-state index contributed by atoms with van der Waals surface area (Å²) in [5.41, 5.74) is 1.56. The first-order valence-electron chi connectivity index (χ1n) is 8.03. The van der Waals surface area contributed by atoms with Crippen molar-refractivity contribution in [3.8, 4) is 0 Å². The van der Waals surface area contributed by atoms with Crippen LogP contribution in [0.2, 0.25) is 0 Å². The average molecular weight is 345 g/mol. The van der Waals surface area contributed by atoms with E-state index in [1.54, 1.807) is 12.1 Å². The molecule has 24 heavy (non-hydrogen) atoms. The van der Waals surface area contributed by atoms with Gasteiger partial charge in [0, 0.05) is 30.4 Å². The van der Waals surface area contributed by atoms with Crippen molar-refractivity contribution >= 4 is 28.8 Å². The van der Waals surface area contributed by atoms with E-state index < -0.39 is 0 Å². The highest BCUT2D eigenvalue weighted by atomic mass is 32.1. The Morgan fingerprint density at radius 2 is 1.79 bits per heavy atom. The number of thiophene rings is 1. The molecule has 0 aliphatic heterocycles. The van der Waals surface area contributed by atoms with Gasteiger partial charge < -0.3 is 16.0 Å². The first-order chi connectivity index (χ1) is 11.6. The van der Waals surface area contributed by atoms with Crippen molar-refractivity contribution in [1.82, 2.24) is 10.6 Å². The fourth-order valence-electron chi connectivity index (χ4n) is 2.17. The normalized spacial score (nSPS) is 10.5. The fraction of sp³-hybridized carbons (Fsp3) is 0.333. The highest BCUT2D eigenvalue weighted by molar-refractivity contribution is 7.12. The molecule has 2 rings (SSSR count). The van der Waals surface area contributed by atoms with Crippen LogP contribution in [0.4, 0.5) is 5.69 Å². The summed E-state index contributed by atoms with van der Waals surface area (Å²) in [5, 5.41) is 10.9. The summed E-state index contributed by atoms with van der Waals surface area (Å²) < 4.78 is 0. The van der Waals surface area contributed by atoms with Crippen molar-refractivity contribution in [3.63, 3.8) is 0 Å². The Bertz CT molecular complexity index is 669. The topological polar surface area (TPSA) is 70.2 Å². The molecule has 0 unspecified atom stereocenters. The van der Waals surface area contributed by atoms with Gasteiger partial charge in [-0.05, 0) is 49.9 Å². The lowest BCUT2D eigenvalue weighted by atomic mass is 10.1. The number of carbonyl (C=O) groups is 2. The first-order valence-corrected chi connectivity index (χ1v) is 8.90. The van der Waals surface area contributed by atoms with E-state index >= 15 is 0 Å². The predicted molar refractivity (Wildman–Crippen MR) is 98.8 cm³/mol. The Balaban J connectivity index is 1.70. The lowest BCUT2D eigenvalue weighted by Gasteiger charge is -2.11. The van der Waals surface area contributed by atoms with Crippen LogP contribution in [0.3, 0.4) is 0 Å². The number of carbonyl (C=O) groups excluding carboxylic acids is 2. The summed E-state index contributed by atoms with van der Waals surface area (Å²) >= 11 is 1.41. The largest absolute Gasteiger partial charge is 0.383 e. The Morgan fingerprint density at radius 1 is 1.04 bits per heavy atom. The van der Waals surface area contributed by atoms with Gasteiger partial charge in [-0.2, -0.15) is 0 Å². The molecule has 128 valence electrons. The minimum absolute atomic E-state index is 0.0659. The van der Waals surface area contributed by atoms with Gasteiger partial charge in [-0.1, -0.05) is 12.1 Å². The summed E-state index contributed by atoms with van der Waals surface area (Å²) in [4.78, 5) is 24.6. The van der Waals surface area contributed by atoms with Gasteiger partial charge in [0.05, 0.1) is 4.88 Å². The van der Waals surface area contributed by atoms with E-state index in [-0.39, 0.29) is 11.8 Å². The first kappa shape index (κ1) is 18.0. The molecule has 5 nitrogen and oxygen atoms in total. The lowest BCUT2D eigenvalue weighted by Crippen LogP contribution is -2.29. The second kappa shape index (κ2) is 9.08. The smallest absolute Gasteiger partial charge is 0.261 e. The molecule has 3 N–H and O–H groups in total. The Kier molecular flexibility index (Phi) is 6.81. The molecule has 0 aliphatic rings. The molecule has 1 aromatic heterocycles. The summed E-state index contributed by atoms with van der Waals surface area (Å²) in [6.45, 7) is 5.16. The van der Waals surface area contributed by atoms with Crippen molar-refractivity contribution in [1.29, 1.82) is 0 Å². The maximum Gasteiger partial charge on any atom is 0.261 e. The maximum absolute atomic E-state index is 12.1. The van der Waals surface area contributed by atoms with Crippen LogP contribution in [0.25, 0.3) is 0 Å². The molecule has 0 saturated heterocycles. The highest BCUT2D eigenvalue weighted by Gasteiger charge is 2.07. The zero-order valence-corrected chi connectivity index (χ0v) is 14.8. The third kappa shape index (κ3) is 5.70. The SMILES string of the molecule is CC(C)Nc1cccc(C(=O)NCCCNC(=O)c2cccs2)c1. The van der Waals surface area contributed by atoms with Gasteiger partial charge in [0.2, 0.25) is 0 Å². The van der Waals surface area contributed by atoms with Gasteiger partial charge in [0.15, 0.2) is 0 Å². The van der Waals surface area contributed by atoms with Gasteiger partial charge in [-0.25, -0.2) is 0 Å². The van der Waals surface area contributed by atoms with E-state index in [2.05, 4.69) is 29.8 Å². The van der Waals surface area contributed by atoms with Crippen LogP contribution in [0.1, 0.15) is 40.3 Å². The third-order valence-electron chi connectivity index (χ3n) is 3.25. The van der Waals surface area contributed by atoms with E-state index in [0.29, 0.717) is 36.0 Å². The van der Waals surface area contributed by atoms with Crippen molar-refractivity contribution in [2.45, 2.75) is 26.3 Å². The maximum atomic E-state index is 12.1. The van der Waals surface area contributed by atoms with Gasteiger partial charge in [-0.15, -0.1) is 11.3 Å². The van der Waals surface area contributed by atoms with E-state index in [1.165, 1.54) is 11.3 Å². The minimum Gasteiger partial charge on any atom is -0.383 e.